The van der Waals surface area contributed by atoms with E-state index in [0.29, 0.717) is 19.6 Å². The number of nitrogens with two attached hydrogens (primary N) is 1. The third-order valence-corrected chi connectivity index (χ3v) is 2.75. The van der Waals surface area contributed by atoms with Crippen LogP contribution in [0, 0.1) is 5.82 Å². The zero-order chi connectivity index (χ0) is 13.4. The topological polar surface area (TPSA) is 90.7 Å². The highest BCUT2D eigenvalue weighted by molar-refractivity contribution is 5.78. The molecule has 0 saturated carbocycles. The Bertz CT molecular complexity index is 626. The second kappa shape index (κ2) is 4.34. The van der Waals surface area contributed by atoms with Gasteiger partial charge < -0.3 is 24.8 Å². The number of aromatic nitrogens is 1. The molecular weight excluding hydrogens is 255 g/mol. The van der Waals surface area contributed by atoms with Crippen molar-refractivity contribution in [1.29, 1.82) is 0 Å². The lowest BCUT2D eigenvalue weighted by atomic mass is 10.1. The zero-order valence-electron chi connectivity index (χ0n) is 9.85. The number of phenolic OH excluding ortho intramolecular Hbond substituents is 1. The molecule has 0 atom stereocenters. The average Bonchev–Trinajstić information content (AvgIpc) is 2.67. The van der Waals surface area contributed by atoms with Crippen LogP contribution in [0.1, 0.15) is 6.42 Å². The fraction of sp³-hybridized carbons (Fsp3) is 0.250. The summed E-state index contributed by atoms with van der Waals surface area (Å²) >= 11 is 0. The van der Waals surface area contributed by atoms with Gasteiger partial charge in [0.05, 0.1) is 18.8 Å². The quantitative estimate of drug-likeness (QED) is 0.819. The molecule has 2 aromatic rings. The predicted molar refractivity (Wildman–Crippen MR) is 63.6 cm³/mol. The van der Waals surface area contributed by atoms with Gasteiger partial charge in [0.1, 0.15) is 5.69 Å². The highest BCUT2D eigenvalue weighted by Gasteiger charge is 2.25. The fourth-order valence-electron chi connectivity index (χ4n) is 1.91. The Morgan fingerprint density at radius 1 is 1.26 bits per heavy atom. The minimum atomic E-state index is -0.819. The lowest BCUT2D eigenvalue weighted by Gasteiger charge is -2.12. The van der Waals surface area contributed by atoms with E-state index in [1.54, 1.807) is 0 Å². The molecule has 0 fully saturated rings. The molecule has 0 bridgehead atoms. The van der Waals surface area contributed by atoms with Gasteiger partial charge in [-0.1, -0.05) is 5.16 Å². The average molecular weight is 266 g/mol. The number of ether oxygens (including phenoxy) is 2. The van der Waals surface area contributed by atoms with Gasteiger partial charge in [-0.2, -0.15) is 0 Å². The summed E-state index contributed by atoms with van der Waals surface area (Å²) in [6.45, 7) is 0.815. The Kier molecular flexibility index (Phi) is 2.66. The van der Waals surface area contributed by atoms with Crippen LogP contribution in [0.3, 0.4) is 0 Å². The van der Waals surface area contributed by atoms with Crippen LogP contribution in [0.2, 0.25) is 0 Å². The molecule has 0 spiro atoms. The Labute approximate surface area is 107 Å². The summed E-state index contributed by atoms with van der Waals surface area (Å²) in [4.78, 5) is 0. The monoisotopic (exact) mass is 266 g/mol. The number of benzene rings is 1. The van der Waals surface area contributed by atoms with E-state index in [1.807, 2.05) is 0 Å². The number of aromatic hydroxyl groups is 1. The SMILES string of the molecule is Nc1cc(-c2c(O)c(F)cc3c2OCCCO3)no1. The third kappa shape index (κ3) is 1.92. The number of nitrogen functional groups attached to an aromatic ring is 1. The van der Waals surface area contributed by atoms with Gasteiger partial charge in [0.15, 0.2) is 23.1 Å². The lowest BCUT2D eigenvalue weighted by Crippen LogP contribution is -1.98. The molecule has 1 aromatic carbocycles. The number of anilines is 1. The molecule has 0 amide bonds. The van der Waals surface area contributed by atoms with Crippen molar-refractivity contribution >= 4 is 5.88 Å². The molecule has 19 heavy (non-hydrogen) atoms. The molecule has 3 rings (SSSR count). The highest BCUT2D eigenvalue weighted by Crippen LogP contribution is 2.46. The smallest absolute Gasteiger partial charge is 0.222 e. The summed E-state index contributed by atoms with van der Waals surface area (Å²) in [6, 6.07) is 2.46. The molecule has 1 aliphatic rings. The normalized spacial score (nSPS) is 14.2. The molecule has 2 heterocycles. The molecule has 0 unspecified atom stereocenters. The van der Waals surface area contributed by atoms with Crippen molar-refractivity contribution in [2.24, 2.45) is 0 Å². The van der Waals surface area contributed by atoms with E-state index in [2.05, 4.69) is 5.16 Å². The van der Waals surface area contributed by atoms with Gasteiger partial charge in [-0.15, -0.1) is 0 Å². The largest absolute Gasteiger partial charge is 0.504 e. The molecule has 0 saturated heterocycles. The third-order valence-electron chi connectivity index (χ3n) is 2.75. The van der Waals surface area contributed by atoms with Crippen molar-refractivity contribution in [1.82, 2.24) is 5.16 Å². The Balaban J connectivity index is 2.24. The maximum atomic E-state index is 13.7. The van der Waals surface area contributed by atoms with Crippen molar-refractivity contribution in [2.75, 3.05) is 18.9 Å². The van der Waals surface area contributed by atoms with Crippen LogP contribution in [-0.4, -0.2) is 23.5 Å². The Hall–Kier alpha value is -2.44. The fourth-order valence-corrected chi connectivity index (χ4v) is 1.91. The molecule has 7 heteroatoms. The van der Waals surface area contributed by atoms with Crippen LogP contribution in [-0.2, 0) is 0 Å². The summed E-state index contributed by atoms with van der Waals surface area (Å²) in [6.07, 6.45) is 0.664. The van der Waals surface area contributed by atoms with Gasteiger partial charge in [-0.25, -0.2) is 4.39 Å². The van der Waals surface area contributed by atoms with Gasteiger partial charge >= 0.3 is 0 Å². The van der Waals surface area contributed by atoms with Crippen LogP contribution in [0.25, 0.3) is 11.3 Å². The number of rotatable bonds is 1. The minimum Gasteiger partial charge on any atom is -0.504 e. The molecule has 3 N–H and O–H groups in total. The van der Waals surface area contributed by atoms with Crippen molar-refractivity contribution in [2.45, 2.75) is 6.42 Å². The number of hydrogen-bond donors (Lipinski definition) is 2. The van der Waals surface area contributed by atoms with Crippen LogP contribution in [0.15, 0.2) is 16.7 Å². The van der Waals surface area contributed by atoms with E-state index in [9.17, 15) is 9.50 Å². The van der Waals surface area contributed by atoms with Crippen LogP contribution in [0.4, 0.5) is 10.3 Å². The van der Waals surface area contributed by atoms with Gasteiger partial charge in [0.25, 0.3) is 0 Å². The van der Waals surface area contributed by atoms with E-state index in [4.69, 9.17) is 19.7 Å². The molecule has 0 radical (unpaired) electrons. The number of halogens is 1. The Morgan fingerprint density at radius 3 is 2.79 bits per heavy atom. The first kappa shape index (κ1) is 11.6. The van der Waals surface area contributed by atoms with E-state index in [0.717, 1.165) is 6.07 Å². The van der Waals surface area contributed by atoms with E-state index >= 15 is 0 Å². The Morgan fingerprint density at radius 2 is 2.05 bits per heavy atom. The van der Waals surface area contributed by atoms with Crippen LogP contribution in [0.5, 0.6) is 17.2 Å². The summed E-state index contributed by atoms with van der Waals surface area (Å²) in [5.74, 6) is -0.866. The van der Waals surface area contributed by atoms with Crippen LogP contribution < -0.4 is 15.2 Å². The molecule has 6 nitrogen and oxygen atoms in total. The highest BCUT2D eigenvalue weighted by atomic mass is 19.1. The standard InChI is InChI=1S/C12H11FN2O4/c13-6-4-8-12(18-3-1-2-17-8)10(11(6)16)7-5-9(14)19-15-7/h4-5,16H,1-3,14H2. The van der Waals surface area contributed by atoms with E-state index < -0.39 is 11.6 Å². The first-order chi connectivity index (χ1) is 9.16. The molecule has 1 aromatic heterocycles. The molecule has 100 valence electrons. The summed E-state index contributed by atoms with van der Waals surface area (Å²) in [5, 5.41) is 13.5. The molecule has 0 aliphatic carbocycles. The van der Waals surface area contributed by atoms with Crippen molar-refractivity contribution in [3.05, 3.63) is 17.9 Å². The summed E-state index contributed by atoms with van der Waals surface area (Å²) in [7, 11) is 0. The maximum Gasteiger partial charge on any atom is 0.222 e. The van der Waals surface area contributed by atoms with Crippen molar-refractivity contribution in [3.8, 4) is 28.5 Å². The van der Waals surface area contributed by atoms with Gasteiger partial charge in [-0.05, 0) is 0 Å². The van der Waals surface area contributed by atoms with Crippen molar-refractivity contribution < 1.29 is 23.5 Å². The second-order valence-corrected chi connectivity index (χ2v) is 4.07. The number of phenols is 1. The first-order valence-corrected chi connectivity index (χ1v) is 5.70. The number of fused-ring (bicyclic) bond motifs is 1. The molecule has 1 aliphatic heterocycles. The maximum absolute atomic E-state index is 13.7. The second-order valence-electron chi connectivity index (χ2n) is 4.07. The predicted octanol–water partition coefficient (Wildman–Crippen LogP) is 1.93. The summed E-state index contributed by atoms with van der Waals surface area (Å²) in [5.41, 5.74) is 5.71. The minimum absolute atomic E-state index is 0.0574. The lowest BCUT2D eigenvalue weighted by molar-refractivity contribution is 0.297. The zero-order valence-corrected chi connectivity index (χ0v) is 9.85. The first-order valence-electron chi connectivity index (χ1n) is 5.70. The number of hydrogen-bond acceptors (Lipinski definition) is 6. The molecular formula is C12H11FN2O4. The van der Waals surface area contributed by atoms with E-state index in [1.165, 1.54) is 6.07 Å². The summed E-state index contributed by atoms with van der Waals surface area (Å²) < 4.78 is 29.3. The number of nitrogens with zero attached hydrogens (tertiary/aromatic N) is 1. The van der Waals surface area contributed by atoms with Gasteiger partial charge in [-0.3, -0.25) is 0 Å². The van der Waals surface area contributed by atoms with E-state index in [-0.39, 0.29) is 28.6 Å². The van der Waals surface area contributed by atoms with Crippen molar-refractivity contribution in [3.63, 3.8) is 0 Å². The van der Waals surface area contributed by atoms with Gasteiger partial charge in [0.2, 0.25) is 5.88 Å². The van der Waals surface area contributed by atoms with Gasteiger partial charge in [0, 0.05) is 18.6 Å². The van der Waals surface area contributed by atoms with Crippen LogP contribution >= 0.6 is 0 Å².